The van der Waals surface area contributed by atoms with Crippen LogP contribution in [0.5, 0.6) is 0 Å². The van der Waals surface area contributed by atoms with Gasteiger partial charge in [0, 0.05) is 12.4 Å². The first-order chi connectivity index (χ1) is 13.9. The standard InChI is InChI=1S/C21H26N4O3S/c1-5-24(6-2)10-11-25-17(15-8-7-9-22-12-15)16(19(27)21(25)28)18(26)20-13(3)23-14(4)29-20/h7-9,12,17,27H,5-6,10-11H2,1-4H3/p+1/t17-/m1/s1. The van der Waals surface area contributed by atoms with Crippen molar-refractivity contribution in [3.05, 3.63) is 57.0 Å². The second-order valence-corrected chi connectivity index (χ2v) is 8.34. The van der Waals surface area contributed by atoms with E-state index in [9.17, 15) is 14.7 Å². The van der Waals surface area contributed by atoms with E-state index in [1.165, 1.54) is 16.2 Å². The van der Waals surface area contributed by atoms with Crippen molar-refractivity contribution in [2.24, 2.45) is 0 Å². The Bertz CT molecular complexity index is 935. The molecule has 7 nitrogen and oxygen atoms in total. The topological polar surface area (TPSA) is 87.8 Å². The summed E-state index contributed by atoms with van der Waals surface area (Å²) in [6, 6.07) is 2.95. The second-order valence-electron chi connectivity index (χ2n) is 7.13. The van der Waals surface area contributed by atoms with Crippen molar-refractivity contribution in [1.82, 2.24) is 14.9 Å². The number of Topliss-reactive ketones (excluding diaryl/α,β-unsaturated/α-hetero) is 1. The summed E-state index contributed by atoms with van der Waals surface area (Å²) in [5, 5.41) is 11.5. The van der Waals surface area contributed by atoms with E-state index in [1.807, 2.05) is 13.0 Å². The van der Waals surface area contributed by atoms with E-state index in [1.54, 1.807) is 30.3 Å². The summed E-state index contributed by atoms with van der Waals surface area (Å²) in [4.78, 5) is 38.2. The van der Waals surface area contributed by atoms with Crippen LogP contribution in [-0.2, 0) is 4.79 Å². The number of nitrogens with one attached hydrogen (secondary N) is 1. The molecule has 1 atom stereocenters. The number of pyridine rings is 1. The number of aromatic nitrogens is 2. The number of hydrogen-bond acceptors (Lipinski definition) is 6. The highest BCUT2D eigenvalue weighted by atomic mass is 32.1. The highest BCUT2D eigenvalue weighted by Gasteiger charge is 2.44. The van der Waals surface area contributed by atoms with Gasteiger partial charge < -0.3 is 14.9 Å². The van der Waals surface area contributed by atoms with E-state index in [0.29, 0.717) is 22.7 Å². The molecule has 154 valence electrons. The first-order valence-corrected chi connectivity index (χ1v) is 10.7. The quantitative estimate of drug-likeness (QED) is 0.640. The normalized spacial score (nSPS) is 16.9. The Morgan fingerprint density at radius 2 is 2.03 bits per heavy atom. The Kier molecular flexibility index (Phi) is 6.44. The minimum atomic E-state index is -0.652. The van der Waals surface area contributed by atoms with Crippen molar-refractivity contribution < 1.29 is 19.6 Å². The van der Waals surface area contributed by atoms with Gasteiger partial charge in [-0.05, 0) is 39.3 Å². The van der Waals surface area contributed by atoms with Crippen molar-refractivity contribution in [3.63, 3.8) is 0 Å². The highest BCUT2D eigenvalue weighted by molar-refractivity contribution is 7.14. The summed E-state index contributed by atoms with van der Waals surface area (Å²) in [5.41, 5.74) is 1.44. The zero-order valence-corrected chi connectivity index (χ0v) is 18.0. The van der Waals surface area contributed by atoms with Gasteiger partial charge in [-0.25, -0.2) is 4.98 Å². The average Bonchev–Trinajstić information content (AvgIpc) is 3.19. The molecule has 0 saturated carbocycles. The lowest BCUT2D eigenvalue weighted by Gasteiger charge is -2.27. The Hall–Kier alpha value is -2.58. The third kappa shape index (κ3) is 4.09. The molecule has 0 radical (unpaired) electrons. The van der Waals surface area contributed by atoms with E-state index < -0.39 is 17.7 Å². The third-order valence-corrected chi connectivity index (χ3v) is 6.44. The molecule has 3 heterocycles. The smallest absolute Gasteiger partial charge is 0.290 e. The number of rotatable bonds is 8. The SMILES string of the molecule is CC[NH+](CC)CCN1C(=O)C(O)=C(C(=O)c2sc(C)nc2C)[C@H]1c1cccnc1. The van der Waals surface area contributed by atoms with Crippen molar-refractivity contribution in [2.45, 2.75) is 33.7 Å². The van der Waals surface area contributed by atoms with Crippen LogP contribution in [-0.4, -0.2) is 57.8 Å². The van der Waals surface area contributed by atoms with Crippen LogP contribution >= 0.6 is 11.3 Å². The molecule has 2 aromatic rings. The first kappa shape index (κ1) is 21.1. The Morgan fingerprint density at radius 3 is 2.59 bits per heavy atom. The fourth-order valence-corrected chi connectivity index (χ4v) is 4.62. The summed E-state index contributed by atoms with van der Waals surface area (Å²) in [6.45, 7) is 10.9. The Morgan fingerprint density at radius 1 is 1.31 bits per heavy atom. The zero-order valence-electron chi connectivity index (χ0n) is 17.2. The summed E-state index contributed by atoms with van der Waals surface area (Å²) in [5.74, 6) is -1.32. The Balaban J connectivity index is 2.02. The number of aliphatic hydroxyl groups excluding tert-OH is 1. The van der Waals surface area contributed by atoms with Crippen LogP contribution in [0.2, 0.25) is 0 Å². The van der Waals surface area contributed by atoms with Gasteiger partial charge in [0.25, 0.3) is 5.91 Å². The molecule has 0 bridgehead atoms. The first-order valence-electron chi connectivity index (χ1n) is 9.85. The van der Waals surface area contributed by atoms with Gasteiger partial charge in [-0.1, -0.05) is 6.07 Å². The lowest BCUT2D eigenvalue weighted by molar-refractivity contribution is -0.895. The predicted molar refractivity (Wildman–Crippen MR) is 111 cm³/mol. The maximum atomic E-state index is 13.4. The lowest BCUT2D eigenvalue weighted by Crippen LogP contribution is -3.12. The van der Waals surface area contributed by atoms with Crippen LogP contribution in [0.15, 0.2) is 35.9 Å². The van der Waals surface area contributed by atoms with Gasteiger partial charge in [0.2, 0.25) is 5.78 Å². The van der Waals surface area contributed by atoms with E-state index in [-0.39, 0.29) is 11.4 Å². The number of aliphatic hydroxyl groups is 1. The van der Waals surface area contributed by atoms with Gasteiger partial charge in [-0.2, -0.15) is 0 Å². The average molecular weight is 416 g/mol. The molecule has 0 aromatic carbocycles. The number of aryl methyl sites for hydroxylation is 2. The largest absolute Gasteiger partial charge is 0.503 e. The van der Waals surface area contributed by atoms with Crippen molar-refractivity contribution in [1.29, 1.82) is 0 Å². The summed E-state index contributed by atoms with van der Waals surface area (Å²) < 4.78 is 0. The molecule has 8 heteroatoms. The van der Waals surface area contributed by atoms with Crippen molar-refractivity contribution in [3.8, 4) is 0 Å². The van der Waals surface area contributed by atoms with Gasteiger partial charge >= 0.3 is 0 Å². The molecule has 0 aliphatic carbocycles. The predicted octanol–water partition coefficient (Wildman–Crippen LogP) is 1.66. The maximum absolute atomic E-state index is 13.4. The molecule has 3 rings (SSSR count). The van der Waals surface area contributed by atoms with Crippen molar-refractivity contribution >= 4 is 23.0 Å². The fraction of sp³-hybridized carbons (Fsp3) is 0.429. The molecule has 2 N–H and O–H groups in total. The Labute approximate surface area is 174 Å². The molecule has 1 amide bonds. The third-order valence-electron chi connectivity index (χ3n) is 5.36. The molecular weight excluding hydrogens is 388 g/mol. The summed E-state index contributed by atoms with van der Waals surface area (Å²) in [7, 11) is 0. The van der Waals surface area contributed by atoms with Crippen LogP contribution in [0, 0.1) is 13.8 Å². The summed E-state index contributed by atoms with van der Waals surface area (Å²) in [6.07, 6.45) is 3.29. The maximum Gasteiger partial charge on any atom is 0.290 e. The molecular formula is C21H27N4O3S+. The second kappa shape index (κ2) is 8.84. The van der Waals surface area contributed by atoms with Gasteiger partial charge in [0.1, 0.15) is 0 Å². The van der Waals surface area contributed by atoms with Crippen LogP contribution in [0.3, 0.4) is 0 Å². The number of nitrogens with zero attached hydrogens (tertiary/aromatic N) is 3. The van der Waals surface area contributed by atoms with Crippen LogP contribution in [0.25, 0.3) is 0 Å². The monoisotopic (exact) mass is 415 g/mol. The molecule has 1 aliphatic heterocycles. The molecule has 0 fully saturated rings. The van der Waals surface area contributed by atoms with E-state index in [4.69, 9.17) is 0 Å². The minimum Gasteiger partial charge on any atom is -0.503 e. The molecule has 0 saturated heterocycles. The van der Waals surface area contributed by atoms with Crippen LogP contribution in [0.4, 0.5) is 0 Å². The number of ketones is 1. The van der Waals surface area contributed by atoms with E-state index in [2.05, 4.69) is 23.8 Å². The van der Waals surface area contributed by atoms with Crippen LogP contribution in [0.1, 0.15) is 45.8 Å². The number of hydrogen-bond donors (Lipinski definition) is 2. The lowest BCUT2D eigenvalue weighted by atomic mass is 9.96. The van der Waals surface area contributed by atoms with Gasteiger partial charge in [0.15, 0.2) is 5.76 Å². The number of carbonyl (C=O) groups excluding carboxylic acids is 2. The summed E-state index contributed by atoms with van der Waals surface area (Å²) >= 11 is 1.28. The van der Waals surface area contributed by atoms with E-state index >= 15 is 0 Å². The molecule has 2 aromatic heterocycles. The number of thiazole rings is 1. The van der Waals surface area contributed by atoms with Crippen LogP contribution < -0.4 is 4.90 Å². The molecule has 0 spiro atoms. The van der Waals surface area contributed by atoms with E-state index in [0.717, 1.165) is 24.6 Å². The molecule has 1 aliphatic rings. The van der Waals surface area contributed by atoms with Gasteiger partial charge in [-0.15, -0.1) is 11.3 Å². The fourth-order valence-electron chi connectivity index (χ4n) is 3.75. The minimum absolute atomic E-state index is 0.115. The number of amides is 1. The van der Waals surface area contributed by atoms with Gasteiger partial charge in [0.05, 0.1) is 53.4 Å². The number of likely N-dealkylation sites (N-methyl/N-ethyl adjacent to an activating group) is 1. The van der Waals surface area contributed by atoms with Gasteiger partial charge in [-0.3, -0.25) is 14.6 Å². The molecule has 29 heavy (non-hydrogen) atoms. The highest BCUT2D eigenvalue weighted by Crippen LogP contribution is 2.39. The number of quaternary nitrogens is 1. The molecule has 0 unspecified atom stereocenters. The van der Waals surface area contributed by atoms with Crippen molar-refractivity contribution in [2.75, 3.05) is 26.2 Å². The number of carbonyl (C=O) groups is 2. The zero-order chi connectivity index (χ0) is 21.1.